The summed E-state index contributed by atoms with van der Waals surface area (Å²) in [4.78, 5) is 12.8. The number of thioether (sulfide) groups is 1. The van der Waals surface area contributed by atoms with Gasteiger partial charge in [0.15, 0.2) is 0 Å². The van der Waals surface area contributed by atoms with E-state index in [1.807, 2.05) is 37.3 Å². The second kappa shape index (κ2) is 7.41. The van der Waals surface area contributed by atoms with E-state index in [1.54, 1.807) is 11.8 Å². The molecule has 0 saturated carbocycles. The third-order valence-electron chi connectivity index (χ3n) is 2.18. The molecule has 1 rings (SSSR count). The number of hydrogen-bond acceptors (Lipinski definition) is 2. The maximum absolute atomic E-state index is 11.7. The predicted octanol–water partition coefficient (Wildman–Crippen LogP) is 3.78. The van der Waals surface area contributed by atoms with E-state index in [0.717, 1.165) is 16.3 Å². The Balaban J connectivity index is 2.75. The van der Waals surface area contributed by atoms with Crippen LogP contribution in [0.4, 0.5) is 5.69 Å². The second-order valence-electron chi connectivity index (χ2n) is 3.64. The summed E-state index contributed by atoms with van der Waals surface area (Å²) in [6, 6.07) is 7.73. The molecule has 92 valence electrons. The van der Waals surface area contributed by atoms with E-state index in [-0.39, 0.29) is 11.8 Å². The van der Waals surface area contributed by atoms with Crippen molar-refractivity contribution in [2.24, 2.45) is 5.92 Å². The van der Waals surface area contributed by atoms with E-state index in [9.17, 15) is 4.79 Å². The number of rotatable bonds is 6. The quantitative estimate of drug-likeness (QED) is 0.484. The van der Waals surface area contributed by atoms with Crippen molar-refractivity contribution in [2.75, 3.05) is 16.9 Å². The topological polar surface area (TPSA) is 29.1 Å². The van der Waals surface area contributed by atoms with Gasteiger partial charge in [-0.3, -0.25) is 4.79 Å². The Kier molecular flexibility index (Phi) is 6.16. The smallest absolute Gasteiger partial charge is 0.228 e. The number of para-hydroxylation sites is 1. The Hall–Kier alpha value is -0.930. The van der Waals surface area contributed by atoms with Gasteiger partial charge in [-0.1, -0.05) is 25.1 Å². The van der Waals surface area contributed by atoms with Gasteiger partial charge in [0.05, 0.1) is 5.69 Å². The summed E-state index contributed by atoms with van der Waals surface area (Å²) >= 11 is 7.30. The molecule has 1 atom stereocenters. The Morgan fingerprint density at radius 1 is 1.59 bits per heavy atom. The molecule has 1 aromatic carbocycles. The molecule has 1 N–H and O–H groups in total. The van der Waals surface area contributed by atoms with Crippen molar-refractivity contribution in [3.63, 3.8) is 0 Å². The van der Waals surface area contributed by atoms with Gasteiger partial charge in [-0.25, -0.2) is 0 Å². The lowest BCUT2D eigenvalue weighted by atomic mass is 10.2. The first kappa shape index (κ1) is 14.1. The van der Waals surface area contributed by atoms with Crippen molar-refractivity contribution in [1.29, 1.82) is 0 Å². The molecule has 1 aromatic rings. The summed E-state index contributed by atoms with van der Waals surface area (Å²) in [7, 11) is 0. The van der Waals surface area contributed by atoms with Crippen molar-refractivity contribution in [1.82, 2.24) is 0 Å². The Morgan fingerprint density at radius 3 is 2.94 bits per heavy atom. The lowest BCUT2D eigenvalue weighted by molar-refractivity contribution is -0.118. The molecule has 0 aromatic heterocycles. The van der Waals surface area contributed by atoms with Crippen LogP contribution in [0.1, 0.15) is 6.92 Å². The van der Waals surface area contributed by atoms with Crippen molar-refractivity contribution in [3.05, 3.63) is 36.9 Å². The number of carbonyl (C=O) groups is 1. The number of carbonyl (C=O) groups excluding carboxylic acids is 1. The number of nitrogens with one attached hydrogen (secondary N) is 1. The van der Waals surface area contributed by atoms with Gasteiger partial charge < -0.3 is 5.32 Å². The molecule has 0 aliphatic carbocycles. The minimum absolute atomic E-state index is 0.0494. The van der Waals surface area contributed by atoms with Crippen LogP contribution in [0, 0.1) is 5.92 Å². The van der Waals surface area contributed by atoms with E-state index >= 15 is 0 Å². The minimum Gasteiger partial charge on any atom is -0.325 e. The van der Waals surface area contributed by atoms with E-state index < -0.39 is 0 Å². The van der Waals surface area contributed by atoms with Crippen LogP contribution in [0.2, 0.25) is 0 Å². The first-order chi connectivity index (χ1) is 8.19. The molecular weight excluding hydrogens is 254 g/mol. The van der Waals surface area contributed by atoms with Gasteiger partial charge in [-0.2, -0.15) is 0 Å². The molecule has 0 aliphatic rings. The lowest BCUT2D eigenvalue weighted by Crippen LogP contribution is -2.21. The Morgan fingerprint density at radius 2 is 2.29 bits per heavy atom. The largest absolute Gasteiger partial charge is 0.325 e. The summed E-state index contributed by atoms with van der Waals surface area (Å²) in [5, 5.41) is 2.89. The van der Waals surface area contributed by atoms with Gasteiger partial charge in [0.1, 0.15) is 0 Å². The zero-order valence-electron chi connectivity index (χ0n) is 9.78. The average Bonchev–Trinajstić information content (AvgIpc) is 2.36. The van der Waals surface area contributed by atoms with Crippen LogP contribution in [-0.4, -0.2) is 17.5 Å². The number of benzene rings is 1. The van der Waals surface area contributed by atoms with Crippen LogP contribution in [-0.2, 0) is 4.79 Å². The number of halogens is 1. The van der Waals surface area contributed by atoms with Gasteiger partial charge in [0.25, 0.3) is 0 Å². The van der Waals surface area contributed by atoms with E-state index in [4.69, 9.17) is 11.6 Å². The van der Waals surface area contributed by atoms with Crippen LogP contribution in [0.3, 0.4) is 0 Å². The molecule has 0 spiro atoms. The van der Waals surface area contributed by atoms with Gasteiger partial charge in [-0.15, -0.1) is 29.9 Å². The van der Waals surface area contributed by atoms with Crippen LogP contribution < -0.4 is 5.32 Å². The molecule has 0 saturated heterocycles. The van der Waals surface area contributed by atoms with E-state index in [2.05, 4.69) is 11.9 Å². The van der Waals surface area contributed by atoms with Gasteiger partial charge in [-0.05, 0) is 12.1 Å². The molecule has 4 heteroatoms. The summed E-state index contributed by atoms with van der Waals surface area (Å²) in [5.41, 5.74) is 0.835. The van der Waals surface area contributed by atoms with E-state index in [1.165, 1.54) is 0 Å². The van der Waals surface area contributed by atoms with Crippen LogP contribution in [0.15, 0.2) is 41.8 Å². The molecule has 0 radical (unpaired) electrons. The highest BCUT2D eigenvalue weighted by Gasteiger charge is 2.13. The fraction of sp³-hybridized carbons (Fsp3) is 0.308. The second-order valence-corrected chi connectivity index (χ2v) is 5.01. The monoisotopic (exact) mass is 269 g/mol. The molecule has 0 aliphatic heterocycles. The predicted molar refractivity (Wildman–Crippen MR) is 75.9 cm³/mol. The zero-order chi connectivity index (χ0) is 12.7. The molecule has 0 fully saturated rings. The highest BCUT2D eigenvalue weighted by molar-refractivity contribution is 7.99. The summed E-state index contributed by atoms with van der Waals surface area (Å²) < 4.78 is 0. The SMILES string of the molecule is C=CCSc1ccccc1NC(=O)C(C)CCl. The highest BCUT2D eigenvalue weighted by atomic mass is 35.5. The van der Waals surface area contributed by atoms with Crippen molar-refractivity contribution < 1.29 is 4.79 Å². The summed E-state index contributed by atoms with van der Waals surface area (Å²) in [6.45, 7) is 5.49. The maximum atomic E-state index is 11.7. The van der Waals surface area contributed by atoms with Crippen LogP contribution in [0.25, 0.3) is 0 Å². The molecule has 17 heavy (non-hydrogen) atoms. The fourth-order valence-corrected chi connectivity index (χ4v) is 2.06. The fourth-order valence-electron chi connectivity index (χ4n) is 1.17. The standard InChI is InChI=1S/C13H16ClNOS/c1-3-8-17-12-7-5-4-6-11(12)15-13(16)10(2)9-14/h3-7,10H,1,8-9H2,2H3,(H,15,16). The van der Waals surface area contributed by atoms with E-state index in [0.29, 0.717) is 5.88 Å². The molecule has 2 nitrogen and oxygen atoms in total. The normalized spacial score (nSPS) is 11.9. The molecule has 1 amide bonds. The lowest BCUT2D eigenvalue weighted by Gasteiger charge is -2.12. The Bertz CT molecular complexity index is 395. The third kappa shape index (κ3) is 4.44. The summed E-state index contributed by atoms with van der Waals surface area (Å²) in [5.74, 6) is 0.909. The van der Waals surface area contributed by atoms with Gasteiger partial charge in [0, 0.05) is 22.4 Å². The first-order valence-corrected chi connectivity index (χ1v) is 6.90. The number of alkyl halides is 1. The number of amides is 1. The van der Waals surface area contributed by atoms with Crippen molar-refractivity contribution in [3.8, 4) is 0 Å². The maximum Gasteiger partial charge on any atom is 0.228 e. The first-order valence-electron chi connectivity index (χ1n) is 5.38. The number of anilines is 1. The van der Waals surface area contributed by atoms with Crippen molar-refractivity contribution >= 4 is 35.0 Å². The average molecular weight is 270 g/mol. The van der Waals surface area contributed by atoms with Crippen LogP contribution in [0.5, 0.6) is 0 Å². The molecule has 0 heterocycles. The van der Waals surface area contributed by atoms with Gasteiger partial charge in [0.2, 0.25) is 5.91 Å². The molecule has 0 bridgehead atoms. The Labute approximate surface area is 111 Å². The highest BCUT2D eigenvalue weighted by Crippen LogP contribution is 2.27. The summed E-state index contributed by atoms with van der Waals surface area (Å²) in [6.07, 6.45) is 1.84. The molecular formula is C13H16ClNOS. The zero-order valence-corrected chi connectivity index (χ0v) is 11.4. The van der Waals surface area contributed by atoms with Crippen LogP contribution >= 0.6 is 23.4 Å². The van der Waals surface area contributed by atoms with Crippen molar-refractivity contribution in [2.45, 2.75) is 11.8 Å². The third-order valence-corrected chi connectivity index (χ3v) is 3.71. The van der Waals surface area contributed by atoms with Gasteiger partial charge >= 0.3 is 0 Å². The molecule has 1 unspecified atom stereocenters. The minimum atomic E-state index is -0.186. The number of hydrogen-bond donors (Lipinski definition) is 1.